The Balaban J connectivity index is 1.71. The van der Waals surface area contributed by atoms with Crippen LogP contribution in [0.5, 0.6) is 0 Å². The average Bonchev–Trinajstić information content (AvgIpc) is 3.07. The van der Waals surface area contributed by atoms with E-state index in [1.54, 1.807) is 24.7 Å². The highest BCUT2D eigenvalue weighted by atomic mass is 32.2. The standard InChI is InChI=1S/C18H17N3O2S/c22-24(23,12-9-16-5-2-1-3-6-16)20-18-8-4-7-17(13-18)14-21-11-10-19-15-21/h1-13,15,20H,14H2. The smallest absolute Gasteiger partial charge is 0.255 e. The van der Waals surface area contributed by atoms with E-state index in [1.165, 1.54) is 5.41 Å². The van der Waals surface area contributed by atoms with Gasteiger partial charge in [0.05, 0.1) is 11.7 Å². The van der Waals surface area contributed by atoms with Crippen LogP contribution in [0.25, 0.3) is 6.08 Å². The van der Waals surface area contributed by atoms with E-state index in [0.717, 1.165) is 11.1 Å². The van der Waals surface area contributed by atoms with Crippen LogP contribution in [-0.2, 0) is 16.6 Å². The summed E-state index contributed by atoms with van der Waals surface area (Å²) >= 11 is 0. The van der Waals surface area contributed by atoms with Crippen LogP contribution in [0.1, 0.15) is 11.1 Å². The van der Waals surface area contributed by atoms with Crippen LogP contribution in [-0.4, -0.2) is 18.0 Å². The van der Waals surface area contributed by atoms with Gasteiger partial charge in [-0.15, -0.1) is 0 Å². The Morgan fingerprint density at radius 3 is 2.67 bits per heavy atom. The van der Waals surface area contributed by atoms with Gasteiger partial charge in [-0.05, 0) is 29.3 Å². The molecular weight excluding hydrogens is 322 g/mol. The maximum absolute atomic E-state index is 12.2. The second-order valence-electron chi connectivity index (χ2n) is 5.30. The first kappa shape index (κ1) is 16.0. The molecule has 0 saturated carbocycles. The molecule has 0 bridgehead atoms. The van der Waals surface area contributed by atoms with Crippen LogP contribution in [0.15, 0.2) is 78.7 Å². The topological polar surface area (TPSA) is 64.0 Å². The van der Waals surface area contributed by atoms with Gasteiger partial charge in [0.25, 0.3) is 10.0 Å². The van der Waals surface area contributed by atoms with Gasteiger partial charge in [-0.2, -0.15) is 0 Å². The summed E-state index contributed by atoms with van der Waals surface area (Å²) < 4.78 is 28.9. The molecule has 0 saturated heterocycles. The molecule has 1 N–H and O–H groups in total. The highest BCUT2D eigenvalue weighted by Gasteiger charge is 2.06. The van der Waals surface area contributed by atoms with E-state index in [2.05, 4.69) is 9.71 Å². The minimum atomic E-state index is -3.56. The fourth-order valence-corrected chi connectivity index (χ4v) is 3.11. The monoisotopic (exact) mass is 339 g/mol. The third kappa shape index (κ3) is 4.57. The molecule has 122 valence electrons. The van der Waals surface area contributed by atoms with Gasteiger partial charge in [-0.3, -0.25) is 4.72 Å². The Morgan fingerprint density at radius 1 is 1.08 bits per heavy atom. The number of benzene rings is 2. The Bertz CT molecular complexity index is 918. The summed E-state index contributed by atoms with van der Waals surface area (Å²) in [6, 6.07) is 16.6. The van der Waals surface area contributed by atoms with Crippen molar-refractivity contribution in [2.24, 2.45) is 0 Å². The molecular formula is C18H17N3O2S. The van der Waals surface area contributed by atoms with Crippen LogP contribution >= 0.6 is 0 Å². The van der Waals surface area contributed by atoms with Crippen molar-refractivity contribution in [2.75, 3.05) is 4.72 Å². The van der Waals surface area contributed by atoms with Crippen LogP contribution in [0, 0.1) is 0 Å². The highest BCUT2D eigenvalue weighted by molar-refractivity contribution is 7.95. The van der Waals surface area contributed by atoms with Gasteiger partial charge in [0.2, 0.25) is 0 Å². The lowest BCUT2D eigenvalue weighted by Crippen LogP contribution is -2.09. The number of anilines is 1. The molecule has 0 aliphatic heterocycles. The molecule has 1 aromatic heterocycles. The van der Waals surface area contributed by atoms with Crippen LogP contribution < -0.4 is 4.72 Å². The van der Waals surface area contributed by atoms with Gasteiger partial charge in [0.15, 0.2) is 0 Å². The van der Waals surface area contributed by atoms with Crippen molar-refractivity contribution in [3.63, 3.8) is 0 Å². The second-order valence-corrected chi connectivity index (χ2v) is 6.86. The molecule has 5 nitrogen and oxygen atoms in total. The number of rotatable bonds is 6. The zero-order chi connectivity index (χ0) is 16.8. The molecule has 24 heavy (non-hydrogen) atoms. The van der Waals surface area contributed by atoms with Gasteiger partial charge in [0.1, 0.15) is 0 Å². The van der Waals surface area contributed by atoms with Crippen molar-refractivity contribution in [2.45, 2.75) is 6.54 Å². The Morgan fingerprint density at radius 2 is 1.92 bits per heavy atom. The third-order valence-corrected chi connectivity index (χ3v) is 4.37. The maximum Gasteiger partial charge on any atom is 0.255 e. The molecule has 0 unspecified atom stereocenters. The number of hydrogen-bond donors (Lipinski definition) is 1. The third-order valence-electron chi connectivity index (χ3n) is 3.35. The zero-order valence-corrected chi connectivity index (χ0v) is 13.7. The van der Waals surface area contributed by atoms with Crippen molar-refractivity contribution < 1.29 is 8.42 Å². The average molecular weight is 339 g/mol. The number of sulfonamides is 1. The van der Waals surface area contributed by atoms with E-state index < -0.39 is 10.0 Å². The molecule has 0 spiro atoms. The van der Waals surface area contributed by atoms with E-state index in [9.17, 15) is 8.42 Å². The maximum atomic E-state index is 12.2. The summed E-state index contributed by atoms with van der Waals surface area (Å²) in [6.07, 6.45) is 6.86. The molecule has 0 amide bonds. The lowest BCUT2D eigenvalue weighted by molar-refractivity contribution is 0.609. The molecule has 0 fully saturated rings. The van der Waals surface area contributed by atoms with Gasteiger partial charge in [-0.1, -0.05) is 42.5 Å². The van der Waals surface area contributed by atoms with Crippen LogP contribution in [0.3, 0.4) is 0 Å². The molecule has 3 aromatic rings. The Labute approximate surface area is 141 Å². The van der Waals surface area contributed by atoms with E-state index in [0.29, 0.717) is 12.2 Å². The van der Waals surface area contributed by atoms with Gasteiger partial charge < -0.3 is 4.57 Å². The molecule has 1 heterocycles. The molecule has 2 aromatic carbocycles. The lowest BCUT2D eigenvalue weighted by Gasteiger charge is -2.07. The quantitative estimate of drug-likeness (QED) is 0.749. The molecule has 0 atom stereocenters. The molecule has 0 aliphatic rings. The predicted molar refractivity (Wildman–Crippen MR) is 95.8 cm³/mol. The van der Waals surface area contributed by atoms with Crippen molar-refractivity contribution >= 4 is 21.8 Å². The highest BCUT2D eigenvalue weighted by Crippen LogP contribution is 2.14. The van der Waals surface area contributed by atoms with Crippen molar-refractivity contribution in [3.8, 4) is 0 Å². The summed E-state index contributed by atoms with van der Waals surface area (Å²) in [5.74, 6) is 0. The van der Waals surface area contributed by atoms with Crippen LogP contribution in [0.2, 0.25) is 0 Å². The number of nitrogens with one attached hydrogen (secondary N) is 1. The summed E-state index contributed by atoms with van der Waals surface area (Å²) in [5, 5.41) is 1.17. The number of nitrogens with zero attached hydrogens (tertiary/aromatic N) is 2. The predicted octanol–water partition coefficient (Wildman–Crippen LogP) is 3.34. The van der Waals surface area contributed by atoms with Gasteiger partial charge in [0, 0.05) is 24.6 Å². The Kier molecular flexibility index (Phi) is 4.77. The number of hydrogen-bond acceptors (Lipinski definition) is 3. The van der Waals surface area contributed by atoms with Crippen molar-refractivity contribution in [1.82, 2.24) is 9.55 Å². The fourth-order valence-electron chi connectivity index (χ4n) is 2.25. The van der Waals surface area contributed by atoms with Gasteiger partial charge >= 0.3 is 0 Å². The van der Waals surface area contributed by atoms with E-state index in [1.807, 2.05) is 59.3 Å². The van der Waals surface area contributed by atoms with E-state index >= 15 is 0 Å². The fraction of sp³-hybridized carbons (Fsp3) is 0.0556. The van der Waals surface area contributed by atoms with Gasteiger partial charge in [-0.25, -0.2) is 13.4 Å². The van der Waals surface area contributed by atoms with Crippen LogP contribution in [0.4, 0.5) is 5.69 Å². The molecule has 0 aliphatic carbocycles. The molecule has 3 rings (SSSR count). The van der Waals surface area contributed by atoms with E-state index in [-0.39, 0.29) is 0 Å². The minimum absolute atomic E-state index is 0.533. The minimum Gasteiger partial charge on any atom is -0.333 e. The SMILES string of the molecule is O=S(=O)(C=Cc1ccccc1)Nc1cccc(Cn2ccnc2)c1. The number of imidazole rings is 1. The lowest BCUT2D eigenvalue weighted by atomic mass is 10.2. The van der Waals surface area contributed by atoms with E-state index in [4.69, 9.17) is 0 Å². The summed E-state index contributed by atoms with van der Waals surface area (Å²) in [6.45, 7) is 0.634. The second kappa shape index (κ2) is 7.14. The first-order chi connectivity index (χ1) is 11.6. The largest absolute Gasteiger partial charge is 0.333 e. The van der Waals surface area contributed by atoms with Crippen molar-refractivity contribution in [3.05, 3.63) is 89.9 Å². The number of aromatic nitrogens is 2. The summed E-state index contributed by atoms with van der Waals surface area (Å²) in [5.41, 5.74) is 2.35. The summed E-state index contributed by atoms with van der Waals surface area (Å²) in [4.78, 5) is 4.00. The molecule has 6 heteroatoms. The first-order valence-corrected chi connectivity index (χ1v) is 8.96. The zero-order valence-electron chi connectivity index (χ0n) is 12.9. The Hall–Kier alpha value is -2.86. The summed E-state index contributed by atoms with van der Waals surface area (Å²) in [7, 11) is -3.56. The molecule has 0 radical (unpaired) electrons. The first-order valence-electron chi connectivity index (χ1n) is 7.41. The normalized spacial score (nSPS) is 11.7. The van der Waals surface area contributed by atoms with Crippen molar-refractivity contribution in [1.29, 1.82) is 0 Å².